The van der Waals surface area contributed by atoms with Crippen molar-refractivity contribution in [3.05, 3.63) is 198 Å². The number of benzene rings is 9. The van der Waals surface area contributed by atoms with Gasteiger partial charge in [0, 0.05) is 77.4 Å². The number of furan rings is 2. The van der Waals surface area contributed by atoms with Crippen molar-refractivity contribution in [1.29, 1.82) is 0 Å². The average Bonchev–Trinajstić information content (AvgIpc) is 4.09. The van der Waals surface area contributed by atoms with Crippen molar-refractivity contribution >= 4 is 84.1 Å². The van der Waals surface area contributed by atoms with Gasteiger partial charge in [-0.3, -0.25) is 0 Å². The van der Waals surface area contributed by atoms with Gasteiger partial charge in [-0.25, -0.2) is 0 Å². The van der Waals surface area contributed by atoms with Crippen LogP contribution >= 0.6 is 0 Å². The molecule has 1 N–H and O–H groups in total. The number of rotatable bonds is 5. The number of nitrogens with one attached hydrogen (secondary N) is 1. The summed E-state index contributed by atoms with van der Waals surface area (Å²) in [6.45, 7) is 18.3. The first-order chi connectivity index (χ1) is 34.7. The van der Waals surface area contributed by atoms with E-state index in [1.807, 2.05) is 0 Å². The van der Waals surface area contributed by atoms with E-state index in [4.69, 9.17) is 8.83 Å². The zero-order chi connectivity index (χ0) is 49.0. The van der Waals surface area contributed by atoms with Gasteiger partial charge in [0.2, 0.25) is 0 Å². The second kappa shape index (κ2) is 15.0. The minimum Gasteiger partial charge on any atom is -0.456 e. The molecule has 9 aromatic carbocycles. The molecule has 5 heteroatoms. The largest absolute Gasteiger partial charge is 0.456 e. The Morgan fingerprint density at radius 3 is 1.82 bits per heavy atom. The lowest BCUT2D eigenvalue weighted by atomic mass is 9.58. The van der Waals surface area contributed by atoms with Crippen LogP contribution in [0.1, 0.15) is 77.6 Å². The molecule has 0 saturated heterocycles. The van der Waals surface area contributed by atoms with Crippen molar-refractivity contribution < 1.29 is 8.83 Å². The highest BCUT2D eigenvalue weighted by molar-refractivity contribution is 6.73. The van der Waals surface area contributed by atoms with Crippen molar-refractivity contribution in [2.45, 2.75) is 71.6 Å². The maximum Gasteiger partial charge on any atom is 0.197 e. The quantitative estimate of drug-likeness (QED) is 0.175. The van der Waals surface area contributed by atoms with E-state index in [0.717, 1.165) is 89.0 Å². The van der Waals surface area contributed by atoms with Crippen LogP contribution in [0.3, 0.4) is 0 Å². The van der Waals surface area contributed by atoms with Crippen LogP contribution in [0.25, 0.3) is 105 Å². The van der Waals surface area contributed by atoms with E-state index in [0.29, 0.717) is 0 Å². The topological polar surface area (TPSA) is 43.2 Å². The highest BCUT2D eigenvalue weighted by Gasteiger charge is 2.37. The predicted octanol–water partition coefficient (Wildman–Crippen LogP) is 17.0. The second-order valence-electron chi connectivity index (χ2n) is 22.8. The Morgan fingerprint density at radius 2 is 1.11 bits per heavy atom. The van der Waals surface area contributed by atoms with E-state index in [1.54, 1.807) is 0 Å². The van der Waals surface area contributed by atoms with Crippen molar-refractivity contribution in [1.82, 2.24) is 4.57 Å². The molecule has 0 amide bonds. The van der Waals surface area contributed by atoms with Crippen LogP contribution in [0.2, 0.25) is 0 Å². The van der Waals surface area contributed by atoms with Crippen LogP contribution in [0.5, 0.6) is 0 Å². The van der Waals surface area contributed by atoms with Crippen LogP contribution in [0, 0.1) is 0 Å². The molecule has 12 aromatic rings. The van der Waals surface area contributed by atoms with Gasteiger partial charge in [-0.2, -0.15) is 0 Å². The number of anilines is 2. The third-order valence-electron chi connectivity index (χ3n) is 15.9. The van der Waals surface area contributed by atoms with E-state index in [-0.39, 0.29) is 16.2 Å². The molecule has 4 heterocycles. The normalized spacial score (nSPS) is 13.8. The highest BCUT2D eigenvalue weighted by Crippen LogP contribution is 2.52. The molecule has 72 heavy (non-hydrogen) atoms. The Kier molecular flexibility index (Phi) is 8.93. The molecule has 2 aliphatic rings. The third-order valence-corrected chi connectivity index (χ3v) is 15.9. The maximum absolute atomic E-state index is 7.04. The number of hydrogen-bond donors (Lipinski definition) is 1. The Labute approximate surface area is 421 Å². The molecule has 0 fully saturated rings. The number of hydrogen-bond acceptors (Lipinski definition) is 3. The van der Waals surface area contributed by atoms with Crippen LogP contribution < -0.4 is 16.2 Å². The van der Waals surface area contributed by atoms with E-state index in [1.165, 1.54) is 60.6 Å². The Bertz CT molecular complexity index is 4230. The molecule has 1 aliphatic heterocycles. The summed E-state index contributed by atoms with van der Waals surface area (Å²) in [7, 11) is 2.44. The fourth-order valence-electron chi connectivity index (χ4n) is 12.0. The fraction of sp³-hybridized carbons (Fsp3) is 0.164. The van der Waals surface area contributed by atoms with Gasteiger partial charge >= 0.3 is 0 Å². The molecule has 347 valence electrons. The summed E-state index contributed by atoms with van der Waals surface area (Å²) < 4.78 is 16.4. The van der Waals surface area contributed by atoms with Gasteiger partial charge in [0.25, 0.3) is 0 Å². The summed E-state index contributed by atoms with van der Waals surface area (Å²) in [6.07, 6.45) is 0. The molecule has 1 radical (unpaired) electrons. The molecule has 0 bridgehead atoms. The van der Waals surface area contributed by atoms with Gasteiger partial charge in [0.05, 0.1) is 11.2 Å². The molecular weight excluding hydrogens is 876 g/mol. The summed E-state index contributed by atoms with van der Waals surface area (Å²) in [6, 6.07) is 64.8. The molecule has 0 atom stereocenters. The summed E-state index contributed by atoms with van der Waals surface area (Å²) in [5.74, 6) is 1.74. The monoisotopic (exact) mass is 929 g/mol. The van der Waals surface area contributed by atoms with Gasteiger partial charge in [0.1, 0.15) is 22.7 Å². The van der Waals surface area contributed by atoms with Gasteiger partial charge in [-0.1, -0.05) is 188 Å². The lowest BCUT2D eigenvalue weighted by molar-refractivity contribution is 0.587. The fourth-order valence-corrected chi connectivity index (χ4v) is 12.0. The molecule has 0 unspecified atom stereocenters. The molecule has 3 aromatic heterocycles. The third kappa shape index (κ3) is 6.32. The Morgan fingerprint density at radius 1 is 0.472 bits per heavy atom. The molecular formula is C67H54BN2O2. The summed E-state index contributed by atoms with van der Waals surface area (Å²) in [5, 5.41) is 10.8. The SMILES string of the molecule is CC(C)(C)c1ccc(Nc2cc3oc4cc(C(C)(C)C)ccc4c3cc2-c2ccc3c4cc5c(cc4n4c3c2[B]c2cc3c(-c6ccccc6)oc(-c6ccccc6)c3cc2-4)-c2ccccc2C5(C)C)cc1. The minimum absolute atomic E-state index is 0.0147. The Balaban J connectivity index is 1.07. The molecule has 4 nitrogen and oxygen atoms in total. The van der Waals surface area contributed by atoms with Crippen molar-refractivity contribution in [2.75, 3.05) is 5.32 Å². The highest BCUT2D eigenvalue weighted by atomic mass is 16.3. The van der Waals surface area contributed by atoms with Crippen LogP contribution in [0.15, 0.2) is 185 Å². The van der Waals surface area contributed by atoms with Gasteiger partial charge in [-0.15, -0.1) is 0 Å². The van der Waals surface area contributed by atoms with Crippen LogP contribution in [-0.4, -0.2) is 11.8 Å². The Hall–Kier alpha value is -8.02. The predicted molar refractivity (Wildman–Crippen MR) is 304 cm³/mol. The lowest BCUT2D eigenvalue weighted by Crippen LogP contribution is -2.37. The first-order valence-electron chi connectivity index (χ1n) is 25.4. The van der Waals surface area contributed by atoms with E-state index >= 15 is 0 Å². The van der Waals surface area contributed by atoms with Gasteiger partial charge in [0.15, 0.2) is 7.28 Å². The molecule has 0 spiro atoms. The number of aromatic nitrogens is 1. The van der Waals surface area contributed by atoms with Crippen molar-refractivity contribution in [3.63, 3.8) is 0 Å². The number of fused-ring (bicyclic) bond motifs is 12. The van der Waals surface area contributed by atoms with Crippen LogP contribution in [0.4, 0.5) is 11.4 Å². The first-order valence-corrected chi connectivity index (χ1v) is 25.4. The standard InChI is InChI=1S/C67H54BN2O2/c1-65(2,3)40-23-26-42(27-24-40)69-56-37-60-50(44-28-25-41(66(4,5)6)31-59(44)71-60)32-48(56)45-29-30-46-49-33-54-47(43-21-15-16-22-53(43)67(54,7)8)35-57(49)70-58-36-52-51(34-55(58)68-61(45)62(46)70)63(38-17-11-9-12-18-38)72-64(52)39-19-13-10-14-20-39/h9-37,69H,1-8H3. The minimum atomic E-state index is -0.148. The summed E-state index contributed by atoms with van der Waals surface area (Å²) in [5.41, 5.74) is 21.7. The van der Waals surface area contributed by atoms with Crippen molar-refractivity contribution in [3.8, 4) is 50.6 Å². The van der Waals surface area contributed by atoms with E-state index in [9.17, 15) is 0 Å². The summed E-state index contributed by atoms with van der Waals surface area (Å²) in [4.78, 5) is 0. The van der Waals surface area contributed by atoms with E-state index < -0.39 is 0 Å². The first kappa shape index (κ1) is 42.8. The maximum atomic E-state index is 7.04. The zero-order valence-electron chi connectivity index (χ0n) is 42.1. The van der Waals surface area contributed by atoms with Crippen LogP contribution in [-0.2, 0) is 16.2 Å². The lowest BCUT2D eigenvalue weighted by Gasteiger charge is -2.24. The average molecular weight is 930 g/mol. The molecule has 0 saturated carbocycles. The van der Waals surface area contributed by atoms with Gasteiger partial charge in [-0.05, 0) is 97.7 Å². The van der Waals surface area contributed by atoms with Crippen molar-refractivity contribution in [2.24, 2.45) is 0 Å². The molecule has 1 aliphatic carbocycles. The zero-order valence-corrected chi connectivity index (χ0v) is 42.1. The second-order valence-corrected chi connectivity index (χ2v) is 22.8. The smallest absolute Gasteiger partial charge is 0.197 e. The summed E-state index contributed by atoms with van der Waals surface area (Å²) >= 11 is 0. The van der Waals surface area contributed by atoms with Gasteiger partial charge < -0.3 is 18.7 Å². The molecule has 14 rings (SSSR count). The number of nitrogens with zero attached hydrogens (tertiary/aromatic N) is 1. The van der Waals surface area contributed by atoms with E-state index in [2.05, 4.69) is 248 Å².